The Labute approximate surface area is 104 Å². The van der Waals surface area contributed by atoms with Crippen LogP contribution in [0.4, 0.5) is 0 Å². The quantitative estimate of drug-likeness (QED) is 0.420. The number of carbonyl (C=O) groups is 1. The second-order valence-electron chi connectivity index (χ2n) is 2.91. The van der Waals surface area contributed by atoms with Crippen molar-refractivity contribution in [3.8, 4) is 0 Å². The molecule has 0 saturated carbocycles. The number of thiophene rings is 1. The molecule has 7 heteroatoms. The Balaban J connectivity index is 2.49. The number of carboxylic acids is 1. The van der Waals surface area contributed by atoms with E-state index in [0.29, 0.717) is 5.39 Å². The molecular weight excluding hydrogens is 345 g/mol. The van der Waals surface area contributed by atoms with E-state index in [-0.39, 0.29) is 8.70 Å². The van der Waals surface area contributed by atoms with E-state index in [2.05, 4.69) is 0 Å². The summed E-state index contributed by atoms with van der Waals surface area (Å²) in [4.78, 5) is 21.3. The van der Waals surface area contributed by atoms with Crippen molar-refractivity contribution < 1.29 is 39.7 Å². The van der Waals surface area contributed by atoms with Crippen LogP contribution < -0.4 is 21.5 Å². The van der Waals surface area contributed by atoms with Gasteiger partial charge in [-0.2, -0.15) is 0 Å². The molecule has 0 fully saturated rings. The fourth-order valence-electron chi connectivity index (χ4n) is 1.30. The molecule has 2 aromatic rings. The molecule has 1 aromatic carbocycles. The Morgan fingerprint density at radius 3 is 2.81 bits per heavy atom. The summed E-state index contributed by atoms with van der Waals surface area (Å²) in [6.45, 7) is 0. The molecule has 0 bridgehead atoms. The molecule has 0 unspecified atom stereocenters. The molecule has 0 spiro atoms. The van der Waals surface area contributed by atoms with E-state index in [9.17, 15) is 9.70 Å². The molecule has 0 amide bonds. The normalized spacial score (nSPS) is 10.8. The van der Waals surface area contributed by atoms with Crippen molar-refractivity contribution >= 4 is 27.4 Å². The first kappa shape index (κ1) is 11.3. The van der Waals surface area contributed by atoms with Gasteiger partial charge in [0, 0.05) is 0 Å². The van der Waals surface area contributed by atoms with Gasteiger partial charge in [0.05, 0.1) is 0 Å². The van der Waals surface area contributed by atoms with Crippen LogP contribution in [0.2, 0.25) is 0 Å². The fraction of sp³-hybridized carbons (Fsp3) is 0. The first-order valence-electron chi connectivity index (χ1n) is 4.13. The third kappa shape index (κ3) is 2.14. The molecular formula is C9H6INO4S. The average Bonchev–Trinajstić information content (AvgIpc) is 2.59. The molecule has 16 heavy (non-hydrogen) atoms. The minimum atomic E-state index is -1.12. The number of benzene rings is 1. The van der Waals surface area contributed by atoms with Gasteiger partial charge in [-0.3, -0.25) is 0 Å². The summed E-state index contributed by atoms with van der Waals surface area (Å²) in [7, 11) is 0. The van der Waals surface area contributed by atoms with E-state index in [1.807, 2.05) is 0 Å². The number of rotatable bonds is 3. The van der Waals surface area contributed by atoms with Gasteiger partial charge in [-0.25, -0.2) is 0 Å². The van der Waals surface area contributed by atoms with Crippen molar-refractivity contribution in [2.24, 2.45) is 0 Å². The Kier molecular flexibility index (Phi) is 3.06. The first-order chi connectivity index (χ1) is 7.58. The molecule has 0 atom stereocenters. The molecule has 5 nitrogen and oxygen atoms in total. The summed E-state index contributed by atoms with van der Waals surface area (Å²) in [6.07, 6.45) is 0. The van der Waals surface area contributed by atoms with Gasteiger partial charge in [-0.1, -0.05) is 0 Å². The summed E-state index contributed by atoms with van der Waals surface area (Å²) in [5.74, 6) is -0.957. The van der Waals surface area contributed by atoms with Crippen molar-refractivity contribution in [2.75, 3.05) is 0 Å². The summed E-state index contributed by atoms with van der Waals surface area (Å²) >= 11 is 0.196. The Hall–Kier alpha value is -1.22. The van der Waals surface area contributed by atoms with Crippen LogP contribution in [-0.4, -0.2) is 19.4 Å². The third-order valence-corrected chi connectivity index (χ3v) is 4.52. The monoisotopic (exact) mass is 351 g/mol. The molecule has 0 radical (unpaired) electrons. The molecule has 0 aliphatic heterocycles. The number of hydrogen-bond donors (Lipinski definition) is 2. The predicted molar refractivity (Wildman–Crippen MR) is 52.9 cm³/mol. The van der Waals surface area contributed by atoms with Crippen molar-refractivity contribution in [1.29, 1.82) is 0 Å². The molecule has 0 aliphatic rings. The van der Waals surface area contributed by atoms with Gasteiger partial charge >= 0.3 is 105 Å². The van der Waals surface area contributed by atoms with Crippen LogP contribution in [0.1, 0.15) is 10.4 Å². The third-order valence-electron chi connectivity index (χ3n) is 1.94. The van der Waals surface area contributed by atoms with Crippen LogP contribution in [0, 0.1) is 8.48 Å². The van der Waals surface area contributed by atoms with Crippen LogP contribution in [0.3, 0.4) is 0 Å². The van der Waals surface area contributed by atoms with E-state index in [1.165, 1.54) is 11.3 Å². The van der Waals surface area contributed by atoms with Crippen LogP contribution in [0.5, 0.6) is 0 Å². The number of aromatic carboxylic acids is 1. The number of hydrogen-bond acceptors (Lipinski definition) is 3. The molecule has 84 valence electrons. The SMILES string of the molecule is O=C(O)c1csc2cc([I-][N+](=O)O)ccc12. The summed E-state index contributed by atoms with van der Waals surface area (Å²) in [5, 5.41) is 19.7. The maximum absolute atomic E-state index is 10.9. The zero-order valence-corrected chi connectivity index (χ0v) is 10.7. The molecule has 1 heterocycles. The van der Waals surface area contributed by atoms with Gasteiger partial charge in [0.2, 0.25) is 0 Å². The Bertz CT molecular complexity index is 580. The number of halogens is 1. The zero-order chi connectivity index (χ0) is 11.7. The van der Waals surface area contributed by atoms with Gasteiger partial charge in [0.1, 0.15) is 0 Å². The number of fused-ring (bicyclic) bond motifs is 1. The van der Waals surface area contributed by atoms with Crippen LogP contribution in [0.15, 0.2) is 23.6 Å². The minimum absolute atomic E-state index is 0.0498. The zero-order valence-electron chi connectivity index (χ0n) is 7.75. The van der Waals surface area contributed by atoms with Crippen LogP contribution >= 0.6 is 11.3 Å². The molecule has 0 saturated heterocycles. The van der Waals surface area contributed by atoms with E-state index >= 15 is 0 Å². The molecule has 0 aliphatic carbocycles. The maximum atomic E-state index is 10.9. The van der Waals surface area contributed by atoms with Gasteiger partial charge in [-0.15, -0.1) is 0 Å². The van der Waals surface area contributed by atoms with Crippen molar-refractivity contribution in [3.63, 3.8) is 0 Å². The van der Waals surface area contributed by atoms with Gasteiger partial charge in [0.25, 0.3) is 0 Å². The van der Waals surface area contributed by atoms with E-state index in [0.717, 1.165) is 8.27 Å². The summed E-state index contributed by atoms with van der Waals surface area (Å²) < 4.78 is 1.52. The number of nitrogens with zero attached hydrogens (tertiary/aromatic N) is 1. The molecule has 2 N–H and O–H groups in total. The number of carboxylic acid groups (broad SMARTS) is 1. The van der Waals surface area contributed by atoms with Crippen molar-refractivity contribution in [1.82, 2.24) is 0 Å². The summed E-state index contributed by atoms with van der Waals surface area (Å²) in [6, 6.07) is 5.10. The van der Waals surface area contributed by atoms with Crippen molar-refractivity contribution in [2.45, 2.75) is 0 Å². The second kappa shape index (κ2) is 4.34. The topological polar surface area (TPSA) is 77.6 Å². The molecule has 1 aromatic heterocycles. The fourth-order valence-corrected chi connectivity index (χ4v) is 3.76. The van der Waals surface area contributed by atoms with Gasteiger partial charge in [-0.05, 0) is 0 Å². The van der Waals surface area contributed by atoms with E-state index < -0.39 is 27.4 Å². The molecule has 2 rings (SSSR count). The predicted octanol–water partition coefficient (Wildman–Crippen LogP) is -1.06. The van der Waals surface area contributed by atoms with Crippen molar-refractivity contribution in [3.05, 3.63) is 37.6 Å². The van der Waals surface area contributed by atoms with Gasteiger partial charge < -0.3 is 0 Å². The second-order valence-corrected chi connectivity index (χ2v) is 6.37. The Morgan fingerprint density at radius 2 is 2.19 bits per heavy atom. The van der Waals surface area contributed by atoms with E-state index in [1.54, 1.807) is 23.6 Å². The summed E-state index contributed by atoms with van der Waals surface area (Å²) in [5.41, 5.74) is 0.271. The van der Waals surface area contributed by atoms with Gasteiger partial charge in [0.15, 0.2) is 0 Å². The first-order valence-corrected chi connectivity index (χ1v) is 7.06. The average molecular weight is 351 g/mol. The van der Waals surface area contributed by atoms with Crippen LogP contribution in [-0.2, 0) is 0 Å². The Morgan fingerprint density at radius 1 is 1.44 bits per heavy atom. The van der Waals surface area contributed by atoms with Crippen LogP contribution in [0.25, 0.3) is 10.1 Å². The standard InChI is InChI=1S/C9H6INO4S/c12-9(13)7-4-16-8-3-5(10-11(14)15)1-2-6(7)8/h1-4H,(H,12,13)(H,14,15). The van der Waals surface area contributed by atoms with E-state index in [4.69, 9.17) is 10.3 Å².